The highest BCUT2D eigenvalue weighted by molar-refractivity contribution is 5.63. The topological polar surface area (TPSA) is 0 Å². The minimum Gasteiger partial charge on any atom is -0.120 e. The molecular weight excluding hydrogens is 240 g/mol. The van der Waals surface area contributed by atoms with Crippen LogP contribution in [0.25, 0.3) is 6.08 Å². The molecule has 0 nitrogen and oxygen atoms in total. The van der Waals surface area contributed by atoms with E-state index in [1.165, 1.54) is 16.7 Å². The van der Waals surface area contributed by atoms with Gasteiger partial charge in [0.2, 0.25) is 0 Å². The zero-order valence-electron chi connectivity index (χ0n) is 12.0. The van der Waals surface area contributed by atoms with Gasteiger partial charge in [-0.3, -0.25) is 0 Å². The lowest BCUT2D eigenvalue weighted by Crippen LogP contribution is -2.26. The van der Waals surface area contributed by atoms with Gasteiger partial charge in [-0.25, -0.2) is 0 Å². The Morgan fingerprint density at radius 3 is 2.95 bits per heavy atom. The molecule has 2 unspecified atom stereocenters. The van der Waals surface area contributed by atoms with Gasteiger partial charge < -0.3 is 0 Å². The van der Waals surface area contributed by atoms with Crippen molar-refractivity contribution in [2.45, 2.75) is 32.1 Å². The molecule has 0 saturated heterocycles. The van der Waals surface area contributed by atoms with Crippen LogP contribution in [-0.4, -0.2) is 0 Å². The van der Waals surface area contributed by atoms with E-state index in [4.69, 9.17) is 6.42 Å². The first-order chi connectivity index (χ1) is 9.75. The Hall–Kier alpha value is -2.00. The Balaban J connectivity index is 1.99. The largest absolute Gasteiger partial charge is 0.120 e. The third kappa shape index (κ3) is 2.04. The van der Waals surface area contributed by atoms with E-state index in [9.17, 15) is 0 Å². The Bertz CT molecular complexity index is 636. The van der Waals surface area contributed by atoms with Crippen molar-refractivity contribution in [2.75, 3.05) is 0 Å². The Morgan fingerprint density at radius 1 is 1.35 bits per heavy atom. The predicted octanol–water partition coefficient (Wildman–Crippen LogP) is 5.10. The van der Waals surface area contributed by atoms with Gasteiger partial charge in [0.25, 0.3) is 0 Å². The molecular formula is C20H20. The number of allylic oxidation sites excluding steroid dienone is 5. The highest BCUT2D eigenvalue weighted by Crippen LogP contribution is 2.51. The Labute approximate surface area is 121 Å². The molecule has 0 heterocycles. The van der Waals surface area contributed by atoms with E-state index in [0.29, 0.717) is 5.92 Å². The molecule has 2 aliphatic carbocycles. The molecule has 0 heteroatoms. The van der Waals surface area contributed by atoms with Crippen LogP contribution in [0.5, 0.6) is 0 Å². The smallest absolute Gasteiger partial charge is 0.0119 e. The van der Waals surface area contributed by atoms with Crippen molar-refractivity contribution in [2.24, 2.45) is 5.41 Å². The quantitative estimate of drug-likeness (QED) is 0.660. The number of hydrogen-bond donors (Lipinski definition) is 0. The van der Waals surface area contributed by atoms with Crippen LogP contribution >= 0.6 is 0 Å². The second-order valence-electron chi connectivity index (χ2n) is 5.91. The summed E-state index contributed by atoms with van der Waals surface area (Å²) in [5.74, 6) is 3.27. The molecule has 0 saturated carbocycles. The van der Waals surface area contributed by atoms with Gasteiger partial charge in [0.05, 0.1) is 0 Å². The Kier molecular flexibility index (Phi) is 3.36. The van der Waals surface area contributed by atoms with E-state index in [2.05, 4.69) is 67.5 Å². The van der Waals surface area contributed by atoms with Gasteiger partial charge in [0.15, 0.2) is 0 Å². The van der Waals surface area contributed by atoms with Crippen LogP contribution in [0.3, 0.4) is 0 Å². The van der Waals surface area contributed by atoms with Gasteiger partial charge >= 0.3 is 0 Å². The normalized spacial score (nSPS) is 22.2. The molecule has 2 atom stereocenters. The van der Waals surface area contributed by atoms with E-state index in [0.717, 1.165) is 19.3 Å². The monoisotopic (exact) mass is 260 g/mol. The number of hydrogen-bond acceptors (Lipinski definition) is 0. The minimum absolute atomic E-state index is 0.124. The number of fused-ring (bicyclic) bond motifs is 1. The molecule has 1 aromatic carbocycles. The maximum absolute atomic E-state index is 5.52. The summed E-state index contributed by atoms with van der Waals surface area (Å²) in [5, 5.41) is 0. The maximum atomic E-state index is 5.52. The molecule has 0 bridgehead atoms. The van der Waals surface area contributed by atoms with Gasteiger partial charge in [-0.05, 0) is 24.0 Å². The van der Waals surface area contributed by atoms with Crippen molar-refractivity contribution in [3.05, 3.63) is 65.3 Å². The molecule has 0 aliphatic heterocycles. The molecule has 1 aromatic rings. The van der Waals surface area contributed by atoms with Crippen molar-refractivity contribution >= 4 is 6.08 Å². The van der Waals surface area contributed by atoms with Crippen LogP contribution in [0.2, 0.25) is 0 Å². The fourth-order valence-corrected chi connectivity index (χ4v) is 3.52. The van der Waals surface area contributed by atoms with Crippen molar-refractivity contribution < 1.29 is 0 Å². The predicted molar refractivity (Wildman–Crippen MR) is 86.2 cm³/mol. The van der Waals surface area contributed by atoms with E-state index in [1.807, 2.05) is 0 Å². The summed E-state index contributed by atoms with van der Waals surface area (Å²) in [6, 6.07) is 8.72. The van der Waals surface area contributed by atoms with Crippen LogP contribution in [0.1, 0.15) is 43.2 Å². The lowest BCUT2D eigenvalue weighted by molar-refractivity contribution is 0.328. The van der Waals surface area contributed by atoms with E-state index in [1.54, 1.807) is 0 Å². The van der Waals surface area contributed by atoms with Gasteiger partial charge in [-0.1, -0.05) is 67.1 Å². The molecule has 0 fully saturated rings. The van der Waals surface area contributed by atoms with E-state index < -0.39 is 0 Å². The summed E-state index contributed by atoms with van der Waals surface area (Å²) < 4.78 is 0. The second-order valence-corrected chi connectivity index (χ2v) is 5.91. The van der Waals surface area contributed by atoms with Gasteiger partial charge in [-0.15, -0.1) is 12.3 Å². The lowest BCUT2D eigenvalue weighted by atomic mass is 9.66. The zero-order valence-corrected chi connectivity index (χ0v) is 12.0. The zero-order chi connectivity index (χ0) is 14.0. The van der Waals surface area contributed by atoms with Crippen molar-refractivity contribution in [3.63, 3.8) is 0 Å². The van der Waals surface area contributed by atoms with Crippen molar-refractivity contribution in [1.82, 2.24) is 0 Å². The molecule has 0 N–H and O–H groups in total. The molecule has 0 aromatic heterocycles. The van der Waals surface area contributed by atoms with Crippen LogP contribution in [0.4, 0.5) is 0 Å². The van der Waals surface area contributed by atoms with Crippen LogP contribution in [0.15, 0.2) is 54.1 Å². The molecule has 2 aliphatic rings. The first-order valence-corrected chi connectivity index (χ1v) is 7.32. The van der Waals surface area contributed by atoms with E-state index >= 15 is 0 Å². The third-order valence-corrected chi connectivity index (χ3v) is 4.78. The second kappa shape index (κ2) is 5.17. The fraction of sp³-hybridized carbons (Fsp3) is 0.300. The standard InChI is InChI=1S/C20H20/c1-3-4-15-20(2,17-10-6-7-11-17)19-14-13-16-9-5-8-12-18(16)19/h1,5-10,12-14,19H,4,11,15H2,2H3. The summed E-state index contributed by atoms with van der Waals surface area (Å²) in [5.41, 5.74) is 4.44. The van der Waals surface area contributed by atoms with Crippen molar-refractivity contribution in [3.8, 4) is 12.3 Å². The van der Waals surface area contributed by atoms with Gasteiger partial charge in [-0.2, -0.15) is 0 Å². The third-order valence-electron chi connectivity index (χ3n) is 4.78. The molecule has 20 heavy (non-hydrogen) atoms. The highest BCUT2D eigenvalue weighted by Gasteiger charge is 2.38. The van der Waals surface area contributed by atoms with Crippen LogP contribution in [-0.2, 0) is 0 Å². The average Bonchev–Trinajstić information content (AvgIpc) is 3.14. The first kappa shape index (κ1) is 13.0. The maximum Gasteiger partial charge on any atom is 0.0119 e. The molecule has 0 spiro atoms. The number of terminal acetylenes is 1. The number of benzene rings is 1. The summed E-state index contributed by atoms with van der Waals surface area (Å²) in [4.78, 5) is 0. The fourth-order valence-electron chi connectivity index (χ4n) is 3.52. The average molecular weight is 260 g/mol. The van der Waals surface area contributed by atoms with E-state index in [-0.39, 0.29) is 5.41 Å². The molecule has 3 rings (SSSR count). The molecule has 0 amide bonds. The van der Waals surface area contributed by atoms with Crippen LogP contribution < -0.4 is 0 Å². The molecule has 0 radical (unpaired) electrons. The minimum atomic E-state index is 0.124. The summed E-state index contributed by atoms with van der Waals surface area (Å²) in [7, 11) is 0. The van der Waals surface area contributed by atoms with Crippen molar-refractivity contribution in [1.29, 1.82) is 0 Å². The molecule has 100 valence electrons. The SMILES string of the molecule is C#CCCC(C)(C1=CC=CC1)C1C=Cc2ccccc21. The van der Waals surface area contributed by atoms with Crippen LogP contribution in [0, 0.1) is 17.8 Å². The van der Waals surface area contributed by atoms with Gasteiger partial charge in [0.1, 0.15) is 0 Å². The summed E-state index contributed by atoms with van der Waals surface area (Å²) >= 11 is 0. The van der Waals surface area contributed by atoms with Gasteiger partial charge in [0, 0.05) is 17.8 Å². The summed E-state index contributed by atoms with van der Waals surface area (Å²) in [6.07, 6.45) is 19.8. The lowest BCUT2D eigenvalue weighted by Gasteiger charge is -2.37. The number of rotatable bonds is 4. The first-order valence-electron chi connectivity index (χ1n) is 7.32. The Morgan fingerprint density at radius 2 is 2.20 bits per heavy atom. The summed E-state index contributed by atoms with van der Waals surface area (Å²) in [6.45, 7) is 2.38. The highest BCUT2D eigenvalue weighted by atomic mass is 14.4.